The SMILES string of the molecule is CO/N=C1/C=C2CC[C@@H]3[C@H]([C@@H](O[Si](C)(C)C)C[C@@]4(C)[C@H]3CC[C@]4(O[Si](C)(C)C)/C(COP(=O)(O[Si](C)(C)C)O[Si](C)(C)C)=N/OC)[C@@]2(C)CC1. The van der Waals surface area contributed by atoms with Crippen LogP contribution in [0.15, 0.2) is 22.0 Å². The van der Waals surface area contributed by atoms with Crippen LogP contribution in [0, 0.1) is 28.6 Å². The molecule has 0 radical (unpaired) electrons. The van der Waals surface area contributed by atoms with Crippen LogP contribution in [0.4, 0.5) is 0 Å². The number of hydrogen-bond donors (Lipinski definition) is 0. The zero-order chi connectivity index (χ0) is 37.8. The van der Waals surface area contributed by atoms with Crippen molar-refractivity contribution >= 4 is 52.5 Å². The minimum Gasteiger partial charge on any atom is -0.414 e. The van der Waals surface area contributed by atoms with Crippen LogP contribution < -0.4 is 0 Å². The topological polar surface area (TPSA) is 106 Å². The van der Waals surface area contributed by atoms with Crippen molar-refractivity contribution in [3.05, 3.63) is 11.6 Å². The third-order valence-electron chi connectivity index (χ3n) is 11.0. The van der Waals surface area contributed by atoms with Crippen LogP contribution in [-0.2, 0) is 36.0 Å². The van der Waals surface area contributed by atoms with Crippen LogP contribution in [0.2, 0.25) is 78.6 Å². The van der Waals surface area contributed by atoms with Gasteiger partial charge in [-0.25, -0.2) is 4.57 Å². The highest BCUT2D eigenvalue weighted by atomic mass is 31.2. The first kappa shape index (κ1) is 42.3. The molecular formula is C35H69N2O8PSi4. The van der Waals surface area contributed by atoms with E-state index in [2.05, 4.69) is 64.4 Å². The summed E-state index contributed by atoms with van der Waals surface area (Å²) in [5.74, 6) is 1.21. The second kappa shape index (κ2) is 14.7. The lowest BCUT2D eigenvalue weighted by Gasteiger charge is -2.63. The van der Waals surface area contributed by atoms with E-state index in [0.29, 0.717) is 23.5 Å². The Balaban J connectivity index is 1.83. The standard InChI is InChI=1S/C35H69N2O8PSi4/c1-33-21-19-27(36-39-3)23-26(33)17-18-28-29-20-22-35(43-48(8,9)10,34(29,2)24-30(32(28)33)42-47(5,6)7)31(37-40-4)25-41-46(38,44-49(11,12)13)45-50(14,15)16/h23,28-30,32H,17-22,24-25H2,1-16H3/b36-27+,37-31+/t28-,29-,30-,32+,33-,34-,35-/m0/s1. The largest absolute Gasteiger partial charge is 0.455 e. The Labute approximate surface area is 307 Å². The van der Waals surface area contributed by atoms with Crippen LogP contribution in [0.5, 0.6) is 0 Å². The Bertz CT molecular complexity index is 1360. The molecule has 0 heterocycles. The maximum absolute atomic E-state index is 14.4. The molecule has 0 aromatic heterocycles. The van der Waals surface area contributed by atoms with E-state index >= 15 is 0 Å². The summed E-state index contributed by atoms with van der Waals surface area (Å²) in [6.45, 7) is 30.5. The molecule has 0 N–H and O–H groups in total. The van der Waals surface area contributed by atoms with Gasteiger partial charge < -0.3 is 27.0 Å². The van der Waals surface area contributed by atoms with Crippen molar-refractivity contribution in [3.63, 3.8) is 0 Å². The lowest BCUT2D eigenvalue weighted by Crippen LogP contribution is -2.65. The van der Waals surface area contributed by atoms with Crippen LogP contribution in [-0.4, -0.2) is 77.2 Å². The molecule has 0 saturated heterocycles. The Hall–Kier alpha value is -0.422. The van der Waals surface area contributed by atoms with E-state index in [1.807, 2.05) is 39.3 Å². The second-order valence-corrected chi connectivity index (χ2v) is 39.5. The molecule has 0 aromatic carbocycles. The van der Waals surface area contributed by atoms with Crippen molar-refractivity contribution in [2.24, 2.45) is 38.9 Å². The van der Waals surface area contributed by atoms with E-state index in [1.165, 1.54) is 5.57 Å². The molecule has 50 heavy (non-hydrogen) atoms. The fourth-order valence-electron chi connectivity index (χ4n) is 9.84. The molecule has 10 nitrogen and oxygen atoms in total. The number of fused-ring (bicyclic) bond motifs is 5. The monoisotopic (exact) mass is 788 g/mol. The summed E-state index contributed by atoms with van der Waals surface area (Å²) in [5, 5.41) is 9.07. The van der Waals surface area contributed by atoms with Crippen molar-refractivity contribution in [2.45, 2.75) is 149 Å². The van der Waals surface area contributed by atoms with Crippen molar-refractivity contribution in [1.82, 2.24) is 0 Å². The Morgan fingerprint density at radius 2 is 1.46 bits per heavy atom. The summed E-state index contributed by atoms with van der Waals surface area (Å²) in [4.78, 5) is 10.8. The van der Waals surface area contributed by atoms with Gasteiger partial charge in [0.2, 0.25) is 0 Å². The lowest BCUT2D eigenvalue weighted by molar-refractivity contribution is -0.142. The predicted molar refractivity (Wildman–Crippen MR) is 214 cm³/mol. The molecular weight excluding hydrogens is 720 g/mol. The third kappa shape index (κ3) is 9.26. The average Bonchev–Trinajstić information content (AvgIpc) is 3.19. The number of rotatable bonds is 14. The molecule has 288 valence electrons. The van der Waals surface area contributed by atoms with E-state index in [1.54, 1.807) is 14.2 Å². The van der Waals surface area contributed by atoms with Crippen LogP contribution >= 0.6 is 7.82 Å². The number of allylic oxidation sites excluding steroid dienone is 2. The lowest BCUT2D eigenvalue weighted by atomic mass is 9.45. The molecule has 3 fully saturated rings. The molecule has 0 spiro atoms. The van der Waals surface area contributed by atoms with Gasteiger partial charge in [-0.1, -0.05) is 29.7 Å². The van der Waals surface area contributed by atoms with Gasteiger partial charge in [0, 0.05) is 11.5 Å². The van der Waals surface area contributed by atoms with Gasteiger partial charge in [-0.15, -0.1) is 0 Å². The Morgan fingerprint density at radius 1 is 0.840 bits per heavy atom. The highest BCUT2D eigenvalue weighted by Crippen LogP contribution is 2.69. The molecule has 4 aliphatic rings. The van der Waals surface area contributed by atoms with Gasteiger partial charge in [0.1, 0.15) is 32.1 Å². The minimum absolute atomic E-state index is 0.0216. The van der Waals surface area contributed by atoms with E-state index in [0.717, 1.165) is 50.7 Å². The summed E-state index contributed by atoms with van der Waals surface area (Å²) >= 11 is 0. The van der Waals surface area contributed by atoms with Crippen LogP contribution in [0.3, 0.4) is 0 Å². The minimum atomic E-state index is -3.92. The molecule has 0 aromatic rings. The Morgan fingerprint density at radius 3 is 1.98 bits per heavy atom. The number of nitrogens with zero attached hydrogens (tertiary/aromatic N) is 2. The molecule has 7 atom stereocenters. The molecule has 4 rings (SSSR count). The van der Waals surface area contributed by atoms with Gasteiger partial charge in [-0.2, -0.15) is 0 Å². The highest BCUT2D eigenvalue weighted by molar-refractivity contribution is 7.52. The van der Waals surface area contributed by atoms with Crippen molar-refractivity contribution in [1.29, 1.82) is 0 Å². The smallest absolute Gasteiger partial charge is 0.414 e. The molecule has 15 heteroatoms. The molecule has 0 unspecified atom stereocenters. The van der Waals surface area contributed by atoms with E-state index in [4.69, 9.17) is 36.6 Å². The van der Waals surface area contributed by atoms with Gasteiger partial charge in [0.05, 0.1) is 5.71 Å². The van der Waals surface area contributed by atoms with E-state index < -0.39 is 46.7 Å². The van der Waals surface area contributed by atoms with Crippen LogP contribution in [0.1, 0.15) is 58.8 Å². The first-order chi connectivity index (χ1) is 22.7. The summed E-state index contributed by atoms with van der Waals surface area (Å²) in [6, 6.07) is 0. The highest BCUT2D eigenvalue weighted by Gasteiger charge is 2.70. The predicted octanol–water partition coefficient (Wildman–Crippen LogP) is 10.2. The number of phosphoric acid groups is 1. The summed E-state index contributed by atoms with van der Waals surface area (Å²) in [6.07, 6.45) is 9.08. The number of oxime groups is 2. The van der Waals surface area contributed by atoms with Gasteiger partial charge in [-0.3, -0.25) is 4.52 Å². The molecule has 0 aliphatic heterocycles. The van der Waals surface area contributed by atoms with E-state index in [9.17, 15) is 4.57 Å². The normalized spacial score (nSPS) is 34.9. The van der Waals surface area contributed by atoms with Gasteiger partial charge >= 0.3 is 7.82 Å². The number of hydrogen-bond acceptors (Lipinski definition) is 10. The van der Waals surface area contributed by atoms with Crippen molar-refractivity contribution < 1.29 is 36.0 Å². The molecule has 0 amide bonds. The third-order valence-corrected chi connectivity index (χ3v) is 19.6. The summed E-state index contributed by atoms with van der Waals surface area (Å²) in [7, 11) is -9.52. The van der Waals surface area contributed by atoms with Crippen molar-refractivity contribution in [3.8, 4) is 0 Å². The first-order valence-corrected chi connectivity index (χ1v) is 33.7. The summed E-state index contributed by atoms with van der Waals surface area (Å²) < 4.78 is 48.0. The zero-order valence-electron chi connectivity index (χ0n) is 34.2. The molecule has 4 aliphatic carbocycles. The maximum Gasteiger partial charge on any atom is 0.455 e. The molecule has 3 saturated carbocycles. The molecule has 0 bridgehead atoms. The second-order valence-electron chi connectivity index (χ2n) is 19.5. The zero-order valence-corrected chi connectivity index (χ0v) is 39.0. The first-order valence-electron chi connectivity index (χ1n) is 18.7. The van der Waals surface area contributed by atoms with Crippen molar-refractivity contribution in [2.75, 3.05) is 20.8 Å². The van der Waals surface area contributed by atoms with Gasteiger partial charge in [0.25, 0.3) is 0 Å². The van der Waals surface area contributed by atoms with Crippen LogP contribution in [0.25, 0.3) is 0 Å². The van der Waals surface area contributed by atoms with Gasteiger partial charge in [-0.05, 0) is 153 Å². The fourth-order valence-corrected chi connectivity index (χ4v) is 19.0. The maximum atomic E-state index is 14.4. The summed E-state index contributed by atoms with van der Waals surface area (Å²) in [5.41, 5.74) is 2.06. The Kier molecular flexibility index (Phi) is 12.4. The van der Waals surface area contributed by atoms with E-state index in [-0.39, 0.29) is 23.5 Å². The average molecular weight is 789 g/mol. The fraction of sp³-hybridized carbons (Fsp3) is 0.886. The quantitative estimate of drug-likeness (QED) is 0.0741. The van der Waals surface area contributed by atoms with Gasteiger partial charge in [0.15, 0.2) is 33.3 Å².